The van der Waals surface area contributed by atoms with Crippen LogP contribution >= 0.6 is 47.8 Å². The topological polar surface area (TPSA) is 0 Å². The highest BCUT2D eigenvalue weighted by Crippen LogP contribution is 2.44. The Morgan fingerprint density at radius 2 is 1.29 bits per heavy atom. The van der Waals surface area contributed by atoms with Gasteiger partial charge in [0, 0.05) is 4.47 Å². The second-order valence-electron chi connectivity index (χ2n) is 3.74. The smallest absolute Gasteiger partial charge is 0.0572 e. The molecule has 0 aromatic heterocycles. The Morgan fingerprint density at radius 3 is 1.94 bits per heavy atom. The summed E-state index contributed by atoms with van der Waals surface area (Å²) < 4.78 is 1.13. The maximum Gasteiger partial charge on any atom is 0.0572 e. The van der Waals surface area contributed by atoms with E-state index in [0.29, 0.717) is 0 Å². The molecule has 0 amide bonds. The first-order valence-electron chi connectivity index (χ1n) is 5.27. The second kappa shape index (κ2) is 6.17. The third kappa shape index (κ3) is 3.21. The van der Waals surface area contributed by atoms with Gasteiger partial charge >= 0.3 is 0 Å². The van der Waals surface area contributed by atoms with Crippen LogP contribution in [-0.2, 0) is 0 Å². The van der Waals surface area contributed by atoms with Crippen molar-refractivity contribution in [2.45, 2.75) is 9.65 Å². The van der Waals surface area contributed by atoms with Gasteiger partial charge < -0.3 is 0 Å². The van der Waals surface area contributed by atoms with Crippen LogP contribution in [0.1, 0.15) is 20.8 Å². The van der Waals surface area contributed by atoms with Crippen molar-refractivity contribution in [1.29, 1.82) is 0 Å². The quantitative estimate of drug-likeness (QED) is 0.534. The first kappa shape index (κ1) is 13.3. The summed E-state index contributed by atoms with van der Waals surface area (Å²) in [6.07, 6.45) is 0. The highest BCUT2D eigenvalue weighted by molar-refractivity contribution is 9.12. The lowest BCUT2D eigenvalue weighted by Crippen LogP contribution is -1.99. The Hall–Kier alpha value is -0.120. The maximum atomic E-state index is 3.76. The van der Waals surface area contributed by atoms with E-state index in [0.717, 1.165) is 4.47 Å². The number of alkyl halides is 2. The minimum atomic E-state index is 0.237. The lowest BCUT2D eigenvalue weighted by Gasteiger charge is -2.18. The summed E-state index contributed by atoms with van der Waals surface area (Å²) in [5, 5.41) is 0. The third-order valence-corrected chi connectivity index (χ3v) is 6.09. The molecule has 0 fully saturated rings. The van der Waals surface area contributed by atoms with Gasteiger partial charge in [-0.05, 0) is 17.2 Å². The summed E-state index contributed by atoms with van der Waals surface area (Å²) in [6.45, 7) is 0. The van der Waals surface area contributed by atoms with Crippen LogP contribution in [0.25, 0.3) is 0 Å². The fraction of sp³-hybridized carbons (Fsp3) is 0.143. The molecule has 3 heteroatoms. The predicted octanol–water partition coefficient (Wildman–Crippen LogP) is 6.02. The van der Waals surface area contributed by atoms with E-state index in [1.54, 1.807) is 0 Å². The molecule has 0 heterocycles. The molecule has 0 nitrogen and oxygen atoms in total. The second-order valence-corrected chi connectivity index (χ2v) is 6.56. The van der Waals surface area contributed by atoms with Gasteiger partial charge in [-0.2, -0.15) is 0 Å². The van der Waals surface area contributed by atoms with Crippen molar-refractivity contribution < 1.29 is 0 Å². The van der Waals surface area contributed by atoms with Crippen molar-refractivity contribution in [3.05, 3.63) is 70.2 Å². The Labute approximate surface area is 127 Å². The van der Waals surface area contributed by atoms with E-state index < -0.39 is 0 Å². The van der Waals surface area contributed by atoms with Crippen molar-refractivity contribution in [2.24, 2.45) is 0 Å². The predicted molar refractivity (Wildman–Crippen MR) is 83.9 cm³/mol. The Bertz CT molecular complexity index is 482. The van der Waals surface area contributed by atoms with E-state index in [9.17, 15) is 0 Å². The van der Waals surface area contributed by atoms with Crippen LogP contribution in [-0.4, -0.2) is 0 Å². The maximum absolute atomic E-state index is 3.76. The van der Waals surface area contributed by atoms with Crippen molar-refractivity contribution in [3.63, 3.8) is 0 Å². The van der Waals surface area contributed by atoms with Crippen molar-refractivity contribution >= 4 is 47.8 Å². The molecule has 0 spiro atoms. The summed E-state index contributed by atoms with van der Waals surface area (Å²) in [5.41, 5.74) is 2.52. The van der Waals surface area contributed by atoms with Gasteiger partial charge in [0.1, 0.15) is 0 Å². The van der Waals surface area contributed by atoms with Crippen molar-refractivity contribution in [1.82, 2.24) is 0 Å². The molecule has 88 valence electrons. The Kier molecular flexibility index (Phi) is 4.83. The molecule has 0 saturated carbocycles. The molecule has 0 aliphatic rings. The van der Waals surface area contributed by atoms with E-state index in [1.165, 1.54) is 11.1 Å². The Balaban J connectivity index is 2.27. The molecule has 0 aliphatic carbocycles. The van der Waals surface area contributed by atoms with Crippen LogP contribution in [0.2, 0.25) is 0 Å². The van der Waals surface area contributed by atoms with Gasteiger partial charge in [0.05, 0.1) is 9.65 Å². The zero-order valence-corrected chi connectivity index (χ0v) is 13.7. The molecule has 0 N–H and O–H groups in total. The van der Waals surface area contributed by atoms with E-state index in [1.807, 2.05) is 12.1 Å². The molecule has 2 rings (SSSR count). The van der Waals surface area contributed by atoms with Gasteiger partial charge in [0.25, 0.3) is 0 Å². The van der Waals surface area contributed by atoms with Crippen molar-refractivity contribution in [2.75, 3.05) is 0 Å². The first-order chi connectivity index (χ1) is 8.20. The summed E-state index contributed by atoms with van der Waals surface area (Å²) in [7, 11) is 0. The average molecular weight is 419 g/mol. The van der Waals surface area contributed by atoms with Gasteiger partial charge in [-0.1, -0.05) is 96.3 Å². The largest absolute Gasteiger partial charge is 0.0823 e. The van der Waals surface area contributed by atoms with E-state index in [-0.39, 0.29) is 9.65 Å². The molecule has 2 aromatic carbocycles. The fourth-order valence-electron chi connectivity index (χ4n) is 1.66. The molecule has 0 aliphatic heterocycles. The molecule has 0 bridgehead atoms. The van der Waals surface area contributed by atoms with E-state index in [2.05, 4.69) is 90.3 Å². The molecule has 17 heavy (non-hydrogen) atoms. The zero-order valence-electron chi connectivity index (χ0n) is 8.98. The highest BCUT2D eigenvalue weighted by Gasteiger charge is 2.20. The Morgan fingerprint density at radius 1 is 0.706 bits per heavy atom. The van der Waals surface area contributed by atoms with Gasteiger partial charge in [-0.25, -0.2) is 0 Å². The van der Waals surface area contributed by atoms with E-state index in [4.69, 9.17) is 0 Å². The normalized spacial score (nSPS) is 14.3. The summed E-state index contributed by atoms with van der Waals surface area (Å²) in [6, 6.07) is 18.7. The molecule has 2 aromatic rings. The fourth-order valence-corrected chi connectivity index (χ4v) is 3.80. The number of rotatable bonds is 3. The van der Waals surface area contributed by atoms with Gasteiger partial charge in [0.15, 0.2) is 0 Å². The van der Waals surface area contributed by atoms with Gasteiger partial charge in [-0.3, -0.25) is 0 Å². The summed E-state index contributed by atoms with van der Waals surface area (Å²) >= 11 is 11.1. The van der Waals surface area contributed by atoms with Crippen molar-refractivity contribution in [3.8, 4) is 0 Å². The lowest BCUT2D eigenvalue weighted by atomic mass is 10.0. The van der Waals surface area contributed by atoms with Crippen LogP contribution < -0.4 is 0 Å². The third-order valence-electron chi connectivity index (χ3n) is 2.58. The number of hydrogen-bond donors (Lipinski definition) is 0. The molecule has 0 saturated heterocycles. The monoisotopic (exact) mass is 416 g/mol. The van der Waals surface area contributed by atoms with Crippen LogP contribution in [0.15, 0.2) is 59.1 Å². The average Bonchev–Trinajstić information content (AvgIpc) is 2.39. The number of hydrogen-bond acceptors (Lipinski definition) is 0. The summed E-state index contributed by atoms with van der Waals surface area (Å²) in [4.78, 5) is 0.489. The molecular weight excluding hydrogens is 408 g/mol. The molecule has 2 atom stereocenters. The van der Waals surface area contributed by atoms with Crippen LogP contribution in [0, 0.1) is 0 Å². The lowest BCUT2D eigenvalue weighted by molar-refractivity contribution is 0.933. The standard InChI is InChI=1S/C14H11Br3/c15-12-9-5-4-8-11(12)14(17)13(16)10-6-2-1-3-7-10/h1-9,13-14H/t13-,14+/m1/s1. The van der Waals surface area contributed by atoms with Crippen LogP contribution in [0.3, 0.4) is 0 Å². The first-order valence-corrected chi connectivity index (χ1v) is 7.90. The van der Waals surface area contributed by atoms with E-state index >= 15 is 0 Å². The van der Waals surface area contributed by atoms with Crippen LogP contribution in [0.5, 0.6) is 0 Å². The van der Waals surface area contributed by atoms with Gasteiger partial charge in [0.2, 0.25) is 0 Å². The minimum Gasteiger partial charge on any atom is -0.0823 e. The molecule has 0 radical (unpaired) electrons. The number of halogens is 3. The van der Waals surface area contributed by atoms with Gasteiger partial charge in [-0.15, -0.1) is 0 Å². The zero-order chi connectivity index (χ0) is 12.3. The summed E-state index contributed by atoms with van der Waals surface area (Å²) in [5.74, 6) is 0. The SMILES string of the molecule is Brc1ccccc1[C@H](Br)[C@H](Br)c1ccccc1. The van der Waals surface area contributed by atoms with Crippen LogP contribution in [0.4, 0.5) is 0 Å². The molecular formula is C14H11Br3. The molecule has 0 unspecified atom stereocenters. The number of benzene rings is 2. The minimum absolute atomic E-state index is 0.237. The highest BCUT2D eigenvalue weighted by atomic mass is 79.9.